The van der Waals surface area contributed by atoms with Crippen LogP contribution in [0.2, 0.25) is 0 Å². The van der Waals surface area contributed by atoms with Gasteiger partial charge in [-0.15, -0.1) is 0 Å². The van der Waals surface area contributed by atoms with E-state index in [1.807, 2.05) is 54.2 Å². The molecular formula is C13H15NO2. The number of ether oxygens (including phenoxy) is 1. The fraction of sp³-hybridized carbons (Fsp3) is 0.231. The van der Waals surface area contributed by atoms with Gasteiger partial charge in [-0.2, -0.15) is 0 Å². The molecule has 0 bridgehead atoms. The van der Waals surface area contributed by atoms with E-state index in [1.54, 1.807) is 7.11 Å². The van der Waals surface area contributed by atoms with E-state index in [0.717, 1.165) is 17.0 Å². The van der Waals surface area contributed by atoms with Gasteiger partial charge in [0, 0.05) is 13.2 Å². The summed E-state index contributed by atoms with van der Waals surface area (Å²) in [6.45, 7) is 0. The normalized spacial score (nSPS) is 12.4. The van der Waals surface area contributed by atoms with E-state index >= 15 is 0 Å². The van der Waals surface area contributed by atoms with E-state index in [4.69, 9.17) is 4.74 Å². The Morgan fingerprint density at radius 3 is 2.38 bits per heavy atom. The zero-order valence-electron chi connectivity index (χ0n) is 9.42. The minimum absolute atomic E-state index is 0.592. The molecule has 1 aromatic heterocycles. The highest BCUT2D eigenvalue weighted by atomic mass is 16.5. The quantitative estimate of drug-likeness (QED) is 0.854. The van der Waals surface area contributed by atoms with Gasteiger partial charge in [-0.3, -0.25) is 0 Å². The topological polar surface area (TPSA) is 34.4 Å². The fourth-order valence-corrected chi connectivity index (χ4v) is 1.72. The Labute approximate surface area is 94.9 Å². The zero-order valence-corrected chi connectivity index (χ0v) is 9.42. The molecule has 0 spiro atoms. The van der Waals surface area contributed by atoms with Crippen molar-refractivity contribution in [3.05, 3.63) is 53.9 Å². The molecule has 0 saturated heterocycles. The highest BCUT2D eigenvalue weighted by molar-refractivity contribution is 5.32. The number of aromatic nitrogens is 1. The summed E-state index contributed by atoms with van der Waals surface area (Å²) in [5.41, 5.74) is 1.74. The lowest BCUT2D eigenvalue weighted by molar-refractivity contribution is 0.211. The number of methoxy groups -OCH3 is 1. The Morgan fingerprint density at radius 2 is 1.88 bits per heavy atom. The third kappa shape index (κ3) is 1.95. The molecule has 1 atom stereocenters. The molecular weight excluding hydrogens is 202 g/mol. The first-order chi connectivity index (χ1) is 7.72. The lowest BCUT2D eigenvalue weighted by Crippen LogP contribution is -2.04. The van der Waals surface area contributed by atoms with Crippen LogP contribution in [0.4, 0.5) is 0 Å². The number of benzene rings is 1. The molecule has 0 aliphatic heterocycles. The Bertz CT molecular complexity index is 459. The van der Waals surface area contributed by atoms with Gasteiger partial charge in [0.25, 0.3) is 0 Å². The summed E-state index contributed by atoms with van der Waals surface area (Å²) in [6.07, 6.45) is 1.33. The van der Waals surface area contributed by atoms with Crippen LogP contribution in [0.15, 0.2) is 42.6 Å². The summed E-state index contributed by atoms with van der Waals surface area (Å²) in [5.74, 6) is 0.794. The molecule has 3 heteroatoms. The van der Waals surface area contributed by atoms with Crippen molar-refractivity contribution in [3.8, 4) is 5.75 Å². The number of aliphatic hydroxyl groups is 1. The van der Waals surface area contributed by atoms with Crippen LogP contribution in [0.25, 0.3) is 0 Å². The molecule has 0 radical (unpaired) electrons. The summed E-state index contributed by atoms with van der Waals surface area (Å²) < 4.78 is 6.99. The van der Waals surface area contributed by atoms with Gasteiger partial charge in [0.2, 0.25) is 0 Å². The van der Waals surface area contributed by atoms with Crippen molar-refractivity contribution < 1.29 is 9.84 Å². The van der Waals surface area contributed by atoms with Crippen LogP contribution < -0.4 is 4.74 Å². The van der Waals surface area contributed by atoms with E-state index < -0.39 is 6.10 Å². The third-order valence-electron chi connectivity index (χ3n) is 2.70. The summed E-state index contributed by atoms with van der Waals surface area (Å²) in [5, 5.41) is 10.2. The molecule has 1 aromatic carbocycles. The molecule has 0 amide bonds. The van der Waals surface area contributed by atoms with E-state index in [-0.39, 0.29) is 0 Å². The summed E-state index contributed by atoms with van der Waals surface area (Å²) in [4.78, 5) is 0. The molecule has 0 unspecified atom stereocenters. The van der Waals surface area contributed by atoms with Crippen molar-refractivity contribution in [1.82, 2.24) is 4.57 Å². The number of rotatable bonds is 3. The molecule has 3 nitrogen and oxygen atoms in total. The second kappa shape index (κ2) is 4.41. The van der Waals surface area contributed by atoms with Gasteiger partial charge in [-0.05, 0) is 29.8 Å². The highest BCUT2D eigenvalue weighted by Gasteiger charge is 2.12. The van der Waals surface area contributed by atoms with Gasteiger partial charge in [-0.25, -0.2) is 0 Å². The molecule has 1 N–H and O–H groups in total. The molecule has 1 heterocycles. The standard InChI is InChI=1S/C13H15NO2/c1-14-9-3-4-12(14)13(15)10-5-7-11(16-2)8-6-10/h3-9,13,15H,1-2H3/t13-/m0/s1. The first kappa shape index (κ1) is 10.8. The first-order valence-corrected chi connectivity index (χ1v) is 5.15. The van der Waals surface area contributed by atoms with E-state index in [9.17, 15) is 5.11 Å². The Hall–Kier alpha value is -1.74. The molecule has 0 aliphatic carbocycles. The van der Waals surface area contributed by atoms with E-state index in [0.29, 0.717) is 0 Å². The van der Waals surface area contributed by atoms with Crippen LogP contribution >= 0.6 is 0 Å². The van der Waals surface area contributed by atoms with Crippen LogP contribution in [0.3, 0.4) is 0 Å². The fourth-order valence-electron chi connectivity index (χ4n) is 1.72. The van der Waals surface area contributed by atoms with Crippen molar-refractivity contribution in [2.24, 2.45) is 7.05 Å². The lowest BCUT2D eigenvalue weighted by atomic mass is 10.1. The maximum atomic E-state index is 10.2. The van der Waals surface area contributed by atoms with Crippen LogP contribution in [-0.2, 0) is 7.05 Å². The minimum Gasteiger partial charge on any atom is -0.497 e. The zero-order chi connectivity index (χ0) is 11.5. The van der Waals surface area contributed by atoms with Crippen LogP contribution in [0, 0.1) is 0 Å². The Morgan fingerprint density at radius 1 is 1.19 bits per heavy atom. The predicted molar refractivity (Wildman–Crippen MR) is 62.5 cm³/mol. The van der Waals surface area contributed by atoms with Crippen molar-refractivity contribution in [2.45, 2.75) is 6.10 Å². The second-order valence-corrected chi connectivity index (χ2v) is 3.72. The van der Waals surface area contributed by atoms with Crippen molar-refractivity contribution in [1.29, 1.82) is 0 Å². The van der Waals surface area contributed by atoms with Crippen molar-refractivity contribution in [3.63, 3.8) is 0 Å². The summed E-state index contributed by atoms with van der Waals surface area (Å²) in [6, 6.07) is 11.3. The molecule has 16 heavy (non-hydrogen) atoms. The second-order valence-electron chi connectivity index (χ2n) is 3.72. The average molecular weight is 217 g/mol. The lowest BCUT2D eigenvalue weighted by Gasteiger charge is -2.12. The van der Waals surface area contributed by atoms with E-state index in [2.05, 4.69) is 0 Å². The molecule has 2 rings (SSSR count). The van der Waals surface area contributed by atoms with Crippen LogP contribution in [0.5, 0.6) is 5.75 Å². The van der Waals surface area contributed by atoms with Crippen LogP contribution in [0.1, 0.15) is 17.4 Å². The smallest absolute Gasteiger partial charge is 0.119 e. The number of aryl methyl sites for hydroxylation is 1. The minimum atomic E-state index is -0.592. The Kier molecular flexibility index (Phi) is 2.97. The number of aliphatic hydroxyl groups excluding tert-OH is 1. The third-order valence-corrected chi connectivity index (χ3v) is 2.70. The maximum absolute atomic E-state index is 10.2. The number of hydrogen-bond acceptors (Lipinski definition) is 2. The highest BCUT2D eigenvalue weighted by Crippen LogP contribution is 2.23. The largest absolute Gasteiger partial charge is 0.497 e. The molecule has 84 valence electrons. The monoisotopic (exact) mass is 217 g/mol. The van der Waals surface area contributed by atoms with E-state index in [1.165, 1.54) is 0 Å². The van der Waals surface area contributed by atoms with Gasteiger partial charge >= 0.3 is 0 Å². The van der Waals surface area contributed by atoms with Gasteiger partial charge in [-0.1, -0.05) is 12.1 Å². The summed E-state index contributed by atoms with van der Waals surface area (Å²) in [7, 11) is 3.55. The number of hydrogen-bond donors (Lipinski definition) is 1. The predicted octanol–water partition coefficient (Wildman–Crippen LogP) is 2.12. The molecule has 0 aliphatic rings. The van der Waals surface area contributed by atoms with Gasteiger partial charge in [0.05, 0.1) is 12.8 Å². The van der Waals surface area contributed by atoms with Crippen molar-refractivity contribution >= 4 is 0 Å². The first-order valence-electron chi connectivity index (χ1n) is 5.15. The number of nitrogens with zero attached hydrogens (tertiary/aromatic N) is 1. The molecule has 0 saturated carbocycles. The maximum Gasteiger partial charge on any atom is 0.119 e. The summed E-state index contributed by atoms with van der Waals surface area (Å²) >= 11 is 0. The molecule has 2 aromatic rings. The van der Waals surface area contributed by atoms with Crippen molar-refractivity contribution in [2.75, 3.05) is 7.11 Å². The Balaban J connectivity index is 2.27. The SMILES string of the molecule is COc1ccc([C@H](O)c2cccn2C)cc1. The van der Waals surface area contributed by atoms with Gasteiger partial charge < -0.3 is 14.4 Å². The van der Waals surface area contributed by atoms with Gasteiger partial charge in [0.15, 0.2) is 0 Å². The average Bonchev–Trinajstić information content (AvgIpc) is 2.75. The van der Waals surface area contributed by atoms with Crippen LogP contribution in [-0.4, -0.2) is 16.8 Å². The van der Waals surface area contributed by atoms with Gasteiger partial charge in [0.1, 0.15) is 11.9 Å². The molecule has 0 fully saturated rings.